The summed E-state index contributed by atoms with van der Waals surface area (Å²) in [5, 5.41) is 22.6. The number of carbonyl (C=O) groups is 1. The van der Waals surface area contributed by atoms with E-state index < -0.39 is 6.23 Å². The van der Waals surface area contributed by atoms with Crippen molar-refractivity contribution >= 4 is 28.7 Å². The van der Waals surface area contributed by atoms with Crippen molar-refractivity contribution in [3.63, 3.8) is 0 Å². The molecule has 2 aliphatic rings. The fraction of sp³-hybridized carbons (Fsp3) is 0.174. The average Bonchev–Trinajstić information content (AvgIpc) is 3.19. The minimum Gasteiger partial charge on any atom is -0.371 e. The predicted molar refractivity (Wildman–Crippen MR) is 116 cm³/mol. The highest BCUT2D eigenvalue weighted by Gasteiger charge is 2.33. The van der Waals surface area contributed by atoms with E-state index in [1.165, 1.54) is 5.01 Å². The van der Waals surface area contributed by atoms with Crippen molar-refractivity contribution < 1.29 is 9.90 Å². The second-order valence-corrected chi connectivity index (χ2v) is 6.96. The number of hydrogen-bond donors (Lipinski definition) is 1. The van der Waals surface area contributed by atoms with Gasteiger partial charge in [0, 0.05) is 5.71 Å². The molecule has 146 valence electrons. The van der Waals surface area contributed by atoms with Gasteiger partial charge >= 0.3 is 0 Å². The summed E-state index contributed by atoms with van der Waals surface area (Å²) in [5.41, 5.74) is 3.57. The number of carbonyl (C=O) groups excluding carboxylic acids is 1. The van der Waals surface area contributed by atoms with Crippen LogP contribution in [-0.4, -0.2) is 28.7 Å². The lowest BCUT2D eigenvalue weighted by Gasteiger charge is -2.21. The standard InChI is InChI=1S/C23H22N4O2/c1-16-20(22(28)26(24-16)18-10-5-3-6-11-18)14-9-15-21-17(2)25-27(23(21)29)19-12-7-4-8-13-19/h3-15,20,22,28H,1-2H3/b14-9+,21-15+. The first-order valence-electron chi connectivity index (χ1n) is 9.47. The fourth-order valence-corrected chi connectivity index (χ4v) is 3.42. The van der Waals surface area contributed by atoms with E-state index in [9.17, 15) is 9.90 Å². The lowest BCUT2D eigenvalue weighted by atomic mass is 10.0. The summed E-state index contributed by atoms with van der Waals surface area (Å²) >= 11 is 0. The van der Waals surface area contributed by atoms with Crippen LogP contribution in [0.3, 0.4) is 0 Å². The molecule has 4 rings (SSSR count). The molecule has 0 spiro atoms. The summed E-state index contributed by atoms with van der Waals surface area (Å²) < 4.78 is 0. The van der Waals surface area contributed by atoms with Gasteiger partial charge in [0.15, 0.2) is 6.23 Å². The van der Waals surface area contributed by atoms with Crippen molar-refractivity contribution in [2.24, 2.45) is 16.1 Å². The van der Waals surface area contributed by atoms with Crippen molar-refractivity contribution in [3.05, 3.63) is 84.5 Å². The summed E-state index contributed by atoms with van der Waals surface area (Å²) in [6, 6.07) is 18.9. The van der Waals surface area contributed by atoms with Gasteiger partial charge in [-0.25, -0.2) is 5.01 Å². The third-order valence-electron chi connectivity index (χ3n) is 4.99. The van der Waals surface area contributed by atoms with Crippen molar-refractivity contribution in [2.45, 2.75) is 20.1 Å². The number of amides is 1. The Morgan fingerprint density at radius 1 is 0.931 bits per heavy atom. The number of hydrogen-bond acceptors (Lipinski definition) is 5. The molecular weight excluding hydrogens is 364 g/mol. The van der Waals surface area contributed by atoms with Crippen LogP contribution in [0.5, 0.6) is 0 Å². The molecule has 1 amide bonds. The normalized spacial score (nSPS) is 23.3. The van der Waals surface area contributed by atoms with Gasteiger partial charge in [-0.3, -0.25) is 4.79 Å². The highest BCUT2D eigenvalue weighted by atomic mass is 16.3. The highest BCUT2D eigenvalue weighted by Crippen LogP contribution is 2.28. The van der Waals surface area contributed by atoms with Crippen LogP contribution in [0.1, 0.15) is 13.8 Å². The fourth-order valence-electron chi connectivity index (χ4n) is 3.42. The number of rotatable bonds is 4. The van der Waals surface area contributed by atoms with Crippen molar-refractivity contribution in [2.75, 3.05) is 10.0 Å². The monoisotopic (exact) mass is 386 g/mol. The zero-order chi connectivity index (χ0) is 20.4. The second kappa shape index (κ2) is 7.85. The topological polar surface area (TPSA) is 68.5 Å². The summed E-state index contributed by atoms with van der Waals surface area (Å²) in [6.45, 7) is 3.70. The lowest BCUT2D eigenvalue weighted by Crippen LogP contribution is -2.31. The molecule has 2 aromatic carbocycles. The molecule has 2 aliphatic heterocycles. The summed E-state index contributed by atoms with van der Waals surface area (Å²) in [7, 11) is 0. The average molecular weight is 386 g/mol. The van der Waals surface area contributed by atoms with Gasteiger partial charge in [-0.15, -0.1) is 0 Å². The molecule has 6 nitrogen and oxygen atoms in total. The molecule has 0 bridgehead atoms. The number of hydrazone groups is 2. The Morgan fingerprint density at radius 2 is 1.55 bits per heavy atom. The van der Waals surface area contributed by atoms with Gasteiger partial charge in [-0.05, 0) is 44.2 Å². The van der Waals surface area contributed by atoms with Crippen molar-refractivity contribution in [1.82, 2.24) is 0 Å². The van der Waals surface area contributed by atoms with Gasteiger partial charge in [0.1, 0.15) is 0 Å². The zero-order valence-corrected chi connectivity index (χ0v) is 16.3. The van der Waals surface area contributed by atoms with Gasteiger partial charge < -0.3 is 5.11 Å². The van der Waals surface area contributed by atoms with Crippen LogP contribution in [0.4, 0.5) is 11.4 Å². The van der Waals surface area contributed by atoms with Crippen LogP contribution in [0.25, 0.3) is 0 Å². The number of aliphatic hydroxyl groups excluding tert-OH is 1. The maximum atomic E-state index is 12.7. The molecule has 2 unspecified atom stereocenters. The van der Waals surface area contributed by atoms with E-state index >= 15 is 0 Å². The van der Waals surface area contributed by atoms with Crippen LogP contribution in [0.15, 0.2) is 94.7 Å². The van der Waals surface area contributed by atoms with Gasteiger partial charge in [-0.2, -0.15) is 15.2 Å². The number of aliphatic hydroxyl groups is 1. The summed E-state index contributed by atoms with van der Waals surface area (Å²) in [5.74, 6) is -0.423. The van der Waals surface area contributed by atoms with Crippen LogP contribution in [0.2, 0.25) is 0 Å². The number of para-hydroxylation sites is 2. The van der Waals surface area contributed by atoms with Crippen LogP contribution in [-0.2, 0) is 4.79 Å². The van der Waals surface area contributed by atoms with E-state index in [1.807, 2.05) is 80.6 Å². The number of nitrogens with zero attached hydrogens (tertiary/aromatic N) is 4. The van der Waals surface area contributed by atoms with Gasteiger partial charge in [0.05, 0.1) is 28.6 Å². The molecule has 2 aromatic rings. The van der Waals surface area contributed by atoms with E-state index in [-0.39, 0.29) is 11.8 Å². The molecule has 0 aromatic heterocycles. The van der Waals surface area contributed by atoms with Crippen LogP contribution in [0, 0.1) is 5.92 Å². The van der Waals surface area contributed by atoms with Gasteiger partial charge in [0.25, 0.3) is 5.91 Å². The largest absolute Gasteiger partial charge is 0.371 e. The smallest absolute Gasteiger partial charge is 0.280 e. The number of anilines is 2. The van der Waals surface area contributed by atoms with E-state index in [1.54, 1.807) is 17.2 Å². The summed E-state index contributed by atoms with van der Waals surface area (Å²) in [6.07, 6.45) is 4.62. The lowest BCUT2D eigenvalue weighted by molar-refractivity contribution is -0.114. The Morgan fingerprint density at radius 3 is 2.21 bits per heavy atom. The maximum absolute atomic E-state index is 12.7. The Balaban J connectivity index is 1.50. The molecule has 0 aliphatic carbocycles. The van der Waals surface area contributed by atoms with E-state index in [4.69, 9.17) is 0 Å². The molecule has 0 saturated heterocycles. The molecule has 6 heteroatoms. The Bertz CT molecular complexity index is 1030. The quantitative estimate of drug-likeness (QED) is 0.815. The Kier molecular flexibility index (Phi) is 5.10. The molecule has 1 N–H and O–H groups in total. The Labute approximate surface area is 169 Å². The highest BCUT2D eigenvalue weighted by molar-refractivity contribution is 6.29. The van der Waals surface area contributed by atoms with E-state index in [2.05, 4.69) is 10.2 Å². The van der Waals surface area contributed by atoms with Gasteiger partial charge in [-0.1, -0.05) is 48.6 Å². The molecule has 0 fully saturated rings. The third-order valence-corrected chi connectivity index (χ3v) is 4.99. The number of allylic oxidation sites excluding steroid dienone is 2. The maximum Gasteiger partial charge on any atom is 0.280 e. The second-order valence-electron chi connectivity index (χ2n) is 6.96. The molecule has 0 saturated carbocycles. The van der Waals surface area contributed by atoms with Gasteiger partial charge in [0.2, 0.25) is 0 Å². The third kappa shape index (κ3) is 3.62. The van der Waals surface area contributed by atoms with Crippen molar-refractivity contribution in [3.8, 4) is 0 Å². The molecular formula is C23H22N4O2. The molecule has 29 heavy (non-hydrogen) atoms. The van der Waals surface area contributed by atoms with E-state index in [0.29, 0.717) is 11.3 Å². The first-order valence-corrected chi connectivity index (χ1v) is 9.47. The zero-order valence-electron chi connectivity index (χ0n) is 16.3. The Hall–Kier alpha value is -3.51. The first kappa shape index (κ1) is 18.8. The summed E-state index contributed by atoms with van der Waals surface area (Å²) in [4.78, 5) is 12.7. The van der Waals surface area contributed by atoms with Crippen LogP contribution >= 0.6 is 0 Å². The first-order chi connectivity index (χ1) is 14.1. The minimum atomic E-state index is -0.790. The molecule has 2 heterocycles. The van der Waals surface area contributed by atoms with Crippen LogP contribution < -0.4 is 10.0 Å². The van der Waals surface area contributed by atoms with E-state index in [0.717, 1.165) is 17.1 Å². The minimum absolute atomic E-state index is 0.165. The SMILES string of the molecule is CC1=NN(c2ccccc2)C(=O)/C1=C/C=C/C1C(C)=NN(c2ccccc2)C1O. The van der Waals surface area contributed by atoms with Crippen molar-refractivity contribution in [1.29, 1.82) is 0 Å². The number of benzene rings is 2. The molecule has 2 atom stereocenters. The molecule has 0 radical (unpaired) electrons. The predicted octanol–water partition coefficient (Wildman–Crippen LogP) is 3.72.